The van der Waals surface area contributed by atoms with Crippen molar-refractivity contribution >= 4 is 34.5 Å². The molecular weight excluding hydrogens is 414 g/mol. The minimum absolute atomic E-state index is 0.0321. The first-order chi connectivity index (χ1) is 15.0. The van der Waals surface area contributed by atoms with E-state index in [1.165, 1.54) is 20.3 Å². The first-order valence-corrected chi connectivity index (χ1v) is 9.67. The van der Waals surface area contributed by atoms with E-state index in [2.05, 4.69) is 5.16 Å². The second kappa shape index (κ2) is 10.3. The molecular formula is C24H19NO5S. The number of ether oxygens (including phenoxy) is 2. The smallest absolute Gasteiger partial charge is 0.377 e. The zero-order chi connectivity index (χ0) is 22.2. The van der Waals surface area contributed by atoms with Crippen molar-refractivity contribution in [1.82, 2.24) is 0 Å². The van der Waals surface area contributed by atoms with E-state index in [-0.39, 0.29) is 10.6 Å². The SMILES string of the molecule is COc1ccc(C(=O)/C(=N/OC(=O)C(=S)c2ccccc2)c2ccccc2)cc1OC. The lowest BCUT2D eigenvalue weighted by atomic mass is 10.0. The minimum Gasteiger partial charge on any atom is -0.493 e. The van der Waals surface area contributed by atoms with Crippen LogP contribution in [0.4, 0.5) is 0 Å². The van der Waals surface area contributed by atoms with Gasteiger partial charge in [-0.1, -0.05) is 78.0 Å². The fourth-order valence-corrected chi connectivity index (χ4v) is 2.94. The number of carbonyl (C=O) groups is 2. The Morgan fingerprint density at radius 3 is 1.90 bits per heavy atom. The predicted molar refractivity (Wildman–Crippen MR) is 121 cm³/mol. The third-order valence-corrected chi connectivity index (χ3v) is 4.75. The van der Waals surface area contributed by atoms with Crippen LogP contribution in [0.1, 0.15) is 21.5 Å². The Morgan fingerprint density at radius 1 is 0.742 bits per heavy atom. The van der Waals surface area contributed by atoms with Gasteiger partial charge in [-0.25, -0.2) is 4.79 Å². The number of hydrogen-bond donors (Lipinski definition) is 0. The first-order valence-electron chi connectivity index (χ1n) is 9.26. The van der Waals surface area contributed by atoms with Crippen LogP contribution in [0.5, 0.6) is 11.5 Å². The number of hydrogen-bond acceptors (Lipinski definition) is 7. The molecule has 0 N–H and O–H groups in total. The number of Topliss-reactive ketones (excluding diaryl/α,β-unsaturated/α-hetero) is 1. The van der Waals surface area contributed by atoms with E-state index in [4.69, 9.17) is 26.5 Å². The van der Waals surface area contributed by atoms with E-state index in [0.717, 1.165) is 0 Å². The fraction of sp³-hybridized carbons (Fsp3) is 0.0833. The van der Waals surface area contributed by atoms with Crippen molar-refractivity contribution in [2.24, 2.45) is 5.16 Å². The Morgan fingerprint density at radius 2 is 1.32 bits per heavy atom. The molecule has 3 aromatic carbocycles. The second-order valence-corrected chi connectivity index (χ2v) is 6.69. The van der Waals surface area contributed by atoms with Gasteiger partial charge in [-0.2, -0.15) is 0 Å². The van der Waals surface area contributed by atoms with Gasteiger partial charge in [0.15, 0.2) is 17.2 Å². The second-order valence-electron chi connectivity index (χ2n) is 6.28. The number of thiocarbonyl (C=S) groups is 1. The molecule has 6 nitrogen and oxygen atoms in total. The zero-order valence-electron chi connectivity index (χ0n) is 16.9. The average Bonchev–Trinajstić information content (AvgIpc) is 2.84. The highest BCUT2D eigenvalue weighted by molar-refractivity contribution is 7.82. The van der Waals surface area contributed by atoms with Crippen molar-refractivity contribution in [2.75, 3.05) is 14.2 Å². The van der Waals surface area contributed by atoms with Crippen LogP contribution in [0.25, 0.3) is 0 Å². The molecule has 0 spiro atoms. The summed E-state index contributed by atoms with van der Waals surface area (Å²) in [5.74, 6) is -0.403. The lowest BCUT2D eigenvalue weighted by Gasteiger charge is -2.10. The highest BCUT2D eigenvalue weighted by atomic mass is 32.1. The van der Waals surface area contributed by atoms with Crippen LogP contribution in [0.15, 0.2) is 84.0 Å². The summed E-state index contributed by atoms with van der Waals surface area (Å²) in [6, 6.07) is 22.2. The van der Waals surface area contributed by atoms with Crippen LogP contribution in [0, 0.1) is 0 Å². The number of methoxy groups -OCH3 is 2. The van der Waals surface area contributed by atoms with Crippen LogP contribution in [0.3, 0.4) is 0 Å². The van der Waals surface area contributed by atoms with Crippen LogP contribution in [-0.2, 0) is 9.63 Å². The standard InChI is InChI=1S/C24H19NO5S/c1-28-19-14-13-18(15-20(19)29-2)22(26)21(16-9-5-3-6-10-16)25-30-24(27)23(31)17-11-7-4-8-12-17/h3-15H,1-2H3/b25-21+. The predicted octanol–water partition coefficient (Wildman–Crippen LogP) is 4.25. The molecule has 0 aromatic heterocycles. The van der Waals surface area contributed by atoms with Crippen molar-refractivity contribution in [3.8, 4) is 11.5 Å². The summed E-state index contributed by atoms with van der Waals surface area (Å²) in [4.78, 5) is 30.6. The highest BCUT2D eigenvalue weighted by Gasteiger charge is 2.21. The van der Waals surface area contributed by atoms with E-state index < -0.39 is 11.8 Å². The van der Waals surface area contributed by atoms with E-state index >= 15 is 0 Å². The molecule has 7 heteroatoms. The largest absolute Gasteiger partial charge is 0.493 e. The normalized spacial score (nSPS) is 10.8. The number of rotatable bonds is 8. The number of oxime groups is 1. The van der Waals surface area contributed by atoms with Crippen LogP contribution in [-0.4, -0.2) is 36.5 Å². The lowest BCUT2D eigenvalue weighted by molar-refractivity contribution is -0.135. The van der Waals surface area contributed by atoms with Gasteiger partial charge >= 0.3 is 5.97 Å². The Hall–Kier alpha value is -3.84. The molecule has 0 atom stereocenters. The summed E-state index contributed by atoms with van der Waals surface area (Å²) < 4.78 is 10.5. The minimum atomic E-state index is -0.824. The molecule has 0 fully saturated rings. The number of ketones is 1. The quantitative estimate of drug-likeness (QED) is 0.174. The molecule has 0 heterocycles. The number of nitrogens with zero attached hydrogens (tertiary/aromatic N) is 1. The van der Waals surface area contributed by atoms with Crippen molar-refractivity contribution in [3.63, 3.8) is 0 Å². The third kappa shape index (κ3) is 5.21. The summed E-state index contributed by atoms with van der Waals surface area (Å²) in [7, 11) is 2.98. The van der Waals surface area contributed by atoms with Gasteiger partial charge < -0.3 is 14.3 Å². The monoisotopic (exact) mass is 433 g/mol. The number of benzene rings is 3. The van der Waals surface area contributed by atoms with E-state index in [0.29, 0.717) is 28.2 Å². The Bertz CT molecular complexity index is 1130. The van der Waals surface area contributed by atoms with E-state index in [1.807, 2.05) is 6.07 Å². The topological polar surface area (TPSA) is 74.2 Å². The van der Waals surface area contributed by atoms with Gasteiger partial charge in [0.25, 0.3) is 0 Å². The Balaban J connectivity index is 1.93. The van der Waals surface area contributed by atoms with Gasteiger partial charge in [-0.3, -0.25) is 4.79 Å². The molecule has 31 heavy (non-hydrogen) atoms. The molecule has 3 rings (SSSR count). The van der Waals surface area contributed by atoms with Crippen molar-refractivity contribution in [2.45, 2.75) is 0 Å². The Labute approximate surface area is 185 Å². The Kier molecular flexibility index (Phi) is 7.24. The maximum absolute atomic E-state index is 13.2. The molecule has 0 unspecified atom stereocenters. The van der Waals surface area contributed by atoms with Gasteiger partial charge in [0.1, 0.15) is 4.86 Å². The zero-order valence-corrected chi connectivity index (χ0v) is 17.7. The first kappa shape index (κ1) is 21.9. The van der Waals surface area contributed by atoms with E-state index in [1.54, 1.807) is 66.7 Å². The molecule has 0 bridgehead atoms. The molecule has 0 saturated heterocycles. The molecule has 0 radical (unpaired) electrons. The van der Waals surface area contributed by atoms with Crippen LogP contribution >= 0.6 is 12.2 Å². The fourth-order valence-electron chi connectivity index (χ4n) is 2.77. The summed E-state index contributed by atoms with van der Waals surface area (Å²) in [6.07, 6.45) is 0. The highest BCUT2D eigenvalue weighted by Crippen LogP contribution is 2.28. The van der Waals surface area contributed by atoms with Crippen molar-refractivity contribution in [3.05, 3.63) is 95.6 Å². The summed E-state index contributed by atoms with van der Waals surface area (Å²) in [6.45, 7) is 0. The van der Waals surface area contributed by atoms with Crippen molar-refractivity contribution in [1.29, 1.82) is 0 Å². The molecule has 3 aromatic rings. The summed E-state index contributed by atoms with van der Waals surface area (Å²) >= 11 is 5.17. The van der Waals surface area contributed by atoms with Gasteiger partial charge in [-0.05, 0) is 23.8 Å². The lowest BCUT2D eigenvalue weighted by Crippen LogP contribution is -2.20. The maximum atomic E-state index is 13.2. The molecule has 0 aliphatic carbocycles. The van der Waals surface area contributed by atoms with Gasteiger partial charge in [0.05, 0.1) is 14.2 Å². The number of carbonyl (C=O) groups excluding carboxylic acids is 2. The van der Waals surface area contributed by atoms with E-state index in [9.17, 15) is 9.59 Å². The van der Waals surface area contributed by atoms with Gasteiger partial charge in [0, 0.05) is 11.1 Å². The van der Waals surface area contributed by atoms with Crippen LogP contribution < -0.4 is 9.47 Å². The molecule has 156 valence electrons. The van der Waals surface area contributed by atoms with Gasteiger partial charge in [-0.15, -0.1) is 0 Å². The van der Waals surface area contributed by atoms with Crippen LogP contribution in [0.2, 0.25) is 0 Å². The maximum Gasteiger partial charge on any atom is 0.377 e. The molecule has 0 saturated carbocycles. The third-order valence-electron chi connectivity index (χ3n) is 4.35. The van der Waals surface area contributed by atoms with Crippen molar-refractivity contribution < 1.29 is 23.9 Å². The summed E-state index contributed by atoms with van der Waals surface area (Å²) in [5, 5.41) is 3.87. The average molecular weight is 433 g/mol. The van der Waals surface area contributed by atoms with Gasteiger partial charge in [0.2, 0.25) is 5.78 Å². The molecule has 0 aliphatic rings. The molecule has 0 aliphatic heterocycles. The summed E-state index contributed by atoms with van der Waals surface area (Å²) in [5.41, 5.74) is 1.27. The molecule has 0 amide bonds.